The number of aliphatic hydroxyl groups excluding tert-OH is 1. The van der Waals surface area contributed by atoms with Crippen LogP contribution >= 0.6 is 11.3 Å². The van der Waals surface area contributed by atoms with Crippen molar-refractivity contribution < 1.29 is 18.6 Å². The Bertz CT molecular complexity index is 563. The maximum Gasteiger partial charge on any atom is 0.387 e. The largest absolute Gasteiger partial charge is 0.435 e. The average molecular weight is 327 g/mol. The monoisotopic (exact) mass is 327 g/mol. The summed E-state index contributed by atoms with van der Waals surface area (Å²) in [4.78, 5) is 0. The molecule has 0 aliphatic rings. The number of rotatable bonds is 8. The maximum absolute atomic E-state index is 12.2. The number of hydrogen-bond acceptors (Lipinski definition) is 4. The maximum atomic E-state index is 12.2. The molecule has 120 valence electrons. The van der Waals surface area contributed by atoms with Crippen LogP contribution in [-0.2, 0) is 6.42 Å². The van der Waals surface area contributed by atoms with Crippen LogP contribution in [0.5, 0.6) is 5.75 Å². The molecule has 22 heavy (non-hydrogen) atoms. The standard InChI is InChI=1S/C16H19F2NO2S/c1-11(7-12-5-6-22-10-12)19-9-15(20)13-3-2-4-14(8-13)21-16(17)18/h2-6,8,10-11,15-16,19-20H,7,9H2,1H3. The van der Waals surface area contributed by atoms with Gasteiger partial charge >= 0.3 is 6.61 Å². The topological polar surface area (TPSA) is 41.5 Å². The zero-order valence-electron chi connectivity index (χ0n) is 12.2. The van der Waals surface area contributed by atoms with Gasteiger partial charge in [-0.05, 0) is 53.4 Å². The molecule has 2 unspecified atom stereocenters. The van der Waals surface area contributed by atoms with E-state index >= 15 is 0 Å². The van der Waals surface area contributed by atoms with E-state index in [1.807, 2.05) is 12.3 Å². The summed E-state index contributed by atoms with van der Waals surface area (Å²) in [5, 5.41) is 17.5. The predicted molar refractivity (Wildman–Crippen MR) is 83.5 cm³/mol. The molecule has 0 aliphatic carbocycles. The minimum atomic E-state index is -2.86. The van der Waals surface area contributed by atoms with E-state index in [2.05, 4.69) is 21.5 Å². The molecule has 0 aliphatic heterocycles. The predicted octanol–water partition coefficient (Wildman–Crippen LogP) is 3.60. The van der Waals surface area contributed by atoms with Crippen LogP contribution in [-0.4, -0.2) is 24.3 Å². The fraction of sp³-hybridized carbons (Fsp3) is 0.375. The van der Waals surface area contributed by atoms with E-state index in [1.165, 1.54) is 17.7 Å². The summed E-state index contributed by atoms with van der Waals surface area (Å²) < 4.78 is 28.7. The molecule has 0 bridgehead atoms. The molecule has 2 atom stereocenters. The first-order valence-corrected chi connectivity index (χ1v) is 7.96. The van der Waals surface area contributed by atoms with Gasteiger partial charge in [-0.15, -0.1) is 0 Å². The van der Waals surface area contributed by atoms with E-state index in [1.54, 1.807) is 23.5 Å². The van der Waals surface area contributed by atoms with E-state index in [0.29, 0.717) is 12.1 Å². The molecular formula is C16H19F2NO2S. The Morgan fingerprint density at radius 2 is 2.14 bits per heavy atom. The van der Waals surface area contributed by atoms with Gasteiger partial charge in [0.1, 0.15) is 5.75 Å². The third-order valence-corrected chi connectivity index (χ3v) is 3.98. The lowest BCUT2D eigenvalue weighted by atomic mass is 10.1. The van der Waals surface area contributed by atoms with Gasteiger partial charge in [-0.3, -0.25) is 0 Å². The molecular weight excluding hydrogens is 308 g/mol. The van der Waals surface area contributed by atoms with Gasteiger partial charge in [0.2, 0.25) is 0 Å². The summed E-state index contributed by atoms with van der Waals surface area (Å²) >= 11 is 1.66. The van der Waals surface area contributed by atoms with Crippen molar-refractivity contribution in [3.05, 3.63) is 52.2 Å². The van der Waals surface area contributed by atoms with Gasteiger partial charge in [-0.2, -0.15) is 20.1 Å². The second-order valence-electron chi connectivity index (χ2n) is 5.11. The Morgan fingerprint density at radius 3 is 2.82 bits per heavy atom. The third kappa shape index (κ3) is 5.36. The van der Waals surface area contributed by atoms with Crippen LogP contribution in [0.15, 0.2) is 41.1 Å². The molecule has 1 heterocycles. The van der Waals surface area contributed by atoms with Crippen molar-refractivity contribution in [3.8, 4) is 5.75 Å². The SMILES string of the molecule is CC(Cc1ccsc1)NCC(O)c1cccc(OC(F)F)c1. The molecule has 6 heteroatoms. The summed E-state index contributed by atoms with van der Waals surface area (Å²) in [6, 6.07) is 8.44. The number of nitrogens with one attached hydrogen (secondary N) is 1. The number of aliphatic hydroxyl groups is 1. The Kier molecular flexibility index (Phi) is 6.30. The fourth-order valence-corrected chi connectivity index (χ4v) is 2.84. The summed E-state index contributed by atoms with van der Waals surface area (Å²) in [5.41, 5.74) is 1.81. The van der Waals surface area contributed by atoms with Crippen molar-refractivity contribution in [2.75, 3.05) is 6.54 Å². The number of benzene rings is 1. The van der Waals surface area contributed by atoms with Crippen LogP contribution in [0.1, 0.15) is 24.2 Å². The molecule has 0 radical (unpaired) electrons. The van der Waals surface area contributed by atoms with Crippen LogP contribution < -0.4 is 10.1 Å². The number of hydrogen-bond donors (Lipinski definition) is 2. The van der Waals surface area contributed by atoms with E-state index in [-0.39, 0.29) is 11.8 Å². The Labute approximate surface area is 132 Å². The minimum absolute atomic E-state index is 0.0536. The van der Waals surface area contributed by atoms with Crippen molar-refractivity contribution in [2.45, 2.75) is 32.1 Å². The van der Waals surface area contributed by atoms with Crippen molar-refractivity contribution >= 4 is 11.3 Å². The summed E-state index contributed by atoms with van der Waals surface area (Å²) in [6.45, 7) is -0.472. The van der Waals surface area contributed by atoms with Crippen LogP contribution in [0.25, 0.3) is 0 Å². The van der Waals surface area contributed by atoms with Crippen molar-refractivity contribution in [1.82, 2.24) is 5.32 Å². The van der Waals surface area contributed by atoms with Gasteiger partial charge in [0.25, 0.3) is 0 Å². The molecule has 2 N–H and O–H groups in total. The lowest BCUT2D eigenvalue weighted by Crippen LogP contribution is -2.31. The van der Waals surface area contributed by atoms with Crippen molar-refractivity contribution in [2.24, 2.45) is 0 Å². The first kappa shape index (κ1) is 16.9. The second kappa shape index (κ2) is 8.22. The molecule has 2 rings (SSSR count). The van der Waals surface area contributed by atoms with Gasteiger partial charge in [0.05, 0.1) is 6.10 Å². The number of halogens is 2. The van der Waals surface area contributed by atoms with Gasteiger partial charge in [-0.1, -0.05) is 12.1 Å². The van der Waals surface area contributed by atoms with Gasteiger partial charge < -0.3 is 15.2 Å². The number of ether oxygens (including phenoxy) is 1. The quantitative estimate of drug-likeness (QED) is 0.778. The van der Waals surface area contributed by atoms with Gasteiger partial charge in [-0.25, -0.2) is 0 Å². The summed E-state index contributed by atoms with van der Waals surface area (Å²) in [6.07, 6.45) is 0.108. The smallest absolute Gasteiger partial charge is 0.387 e. The molecule has 0 saturated heterocycles. The molecule has 2 aromatic rings. The number of alkyl halides is 2. The normalized spacial score (nSPS) is 14.0. The van der Waals surface area contributed by atoms with Crippen LogP contribution in [0.3, 0.4) is 0 Å². The van der Waals surface area contributed by atoms with Gasteiger partial charge in [0.15, 0.2) is 0 Å². The molecule has 1 aromatic heterocycles. The fourth-order valence-electron chi connectivity index (χ4n) is 2.16. The first-order valence-electron chi connectivity index (χ1n) is 7.02. The second-order valence-corrected chi connectivity index (χ2v) is 5.89. The summed E-state index contributed by atoms with van der Waals surface area (Å²) in [7, 11) is 0. The van der Waals surface area contributed by atoms with E-state index in [9.17, 15) is 13.9 Å². The molecule has 0 spiro atoms. The third-order valence-electron chi connectivity index (χ3n) is 3.25. The Morgan fingerprint density at radius 1 is 1.32 bits per heavy atom. The minimum Gasteiger partial charge on any atom is -0.435 e. The lowest BCUT2D eigenvalue weighted by Gasteiger charge is -2.17. The Balaban J connectivity index is 1.84. The highest BCUT2D eigenvalue weighted by molar-refractivity contribution is 7.07. The van der Waals surface area contributed by atoms with Crippen LogP contribution in [0, 0.1) is 0 Å². The van der Waals surface area contributed by atoms with E-state index in [4.69, 9.17) is 0 Å². The molecule has 0 fully saturated rings. The lowest BCUT2D eigenvalue weighted by molar-refractivity contribution is -0.0499. The molecule has 1 aromatic carbocycles. The van der Waals surface area contributed by atoms with Gasteiger partial charge in [0, 0.05) is 12.6 Å². The first-order chi connectivity index (χ1) is 10.5. The van der Waals surface area contributed by atoms with Crippen LogP contribution in [0.2, 0.25) is 0 Å². The highest BCUT2D eigenvalue weighted by atomic mass is 32.1. The van der Waals surface area contributed by atoms with Crippen molar-refractivity contribution in [1.29, 1.82) is 0 Å². The average Bonchev–Trinajstić information content (AvgIpc) is 2.97. The molecule has 0 saturated carbocycles. The van der Waals surface area contributed by atoms with Crippen molar-refractivity contribution in [3.63, 3.8) is 0 Å². The highest BCUT2D eigenvalue weighted by Gasteiger charge is 2.12. The summed E-state index contributed by atoms with van der Waals surface area (Å²) in [5.74, 6) is 0.0536. The zero-order chi connectivity index (χ0) is 15.9. The zero-order valence-corrected chi connectivity index (χ0v) is 13.0. The Hall–Kier alpha value is -1.50. The van der Waals surface area contributed by atoms with Crippen LogP contribution in [0.4, 0.5) is 8.78 Å². The highest BCUT2D eigenvalue weighted by Crippen LogP contribution is 2.20. The molecule has 3 nitrogen and oxygen atoms in total. The van der Waals surface area contributed by atoms with E-state index < -0.39 is 12.7 Å². The van der Waals surface area contributed by atoms with E-state index in [0.717, 1.165) is 6.42 Å². The molecule has 0 amide bonds. The number of thiophene rings is 1.